The van der Waals surface area contributed by atoms with Gasteiger partial charge in [0.15, 0.2) is 0 Å². The topological polar surface area (TPSA) is 6.48 Å². The second-order valence-corrected chi connectivity index (χ2v) is 6.35. The lowest BCUT2D eigenvalue weighted by atomic mass is 10.1. The van der Waals surface area contributed by atoms with Gasteiger partial charge in [-0.1, -0.05) is 57.0 Å². The molecule has 0 amide bonds. The van der Waals surface area contributed by atoms with Gasteiger partial charge in [-0.25, -0.2) is 0 Å². The molecule has 1 heterocycles. The van der Waals surface area contributed by atoms with E-state index in [-0.39, 0.29) is 0 Å². The molecule has 1 unspecified atom stereocenters. The molecule has 1 aliphatic rings. The van der Waals surface area contributed by atoms with Gasteiger partial charge in [0.25, 0.3) is 0 Å². The molecule has 104 valence electrons. The van der Waals surface area contributed by atoms with E-state index in [0.717, 1.165) is 8.88 Å². The van der Waals surface area contributed by atoms with Crippen LogP contribution < -0.4 is 0 Å². The zero-order valence-corrected chi connectivity index (χ0v) is 13.1. The van der Waals surface area contributed by atoms with Crippen LogP contribution in [0.4, 0.5) is 0 Å². The van der Waals surface area contributed by atoms with Crippen LogP contribution in [0.15, 0.2) is 36.5 Å². The second-order valence-electron chi connectivity index (χ2n) is 5.03. The van der Waals surface area contributed by atoms with E-state index in [1.165, 1.54) is 50.0 Å². The molecule has 3 heteroatoms. The lowest BCUT2D eigenvalue weighted by Gasteiger charge is -2.23. The normalized spacial score (nSPS) is 16.2. The van der Waals surface area contributed by atoms with Crippen molar-refractivity contribution in [1.29, 1.82) is 0 Å². The van der Waals surface area contributed by atoms with E-state index in [1.54, 1.807) is 0 Å². The van der Waals surface area contributed by atoms with Gasteiger partial charge < -0.3 is 9.34 Å². The molecule has 1 aromatic carbocycles. The highest BCUT2D eigenvalue weighted by molar-refractivity contribution is 7.33. The molecule has 0 bridgehead atoms. The number of unbranched alkanes of at least 4 members (excludes halogenated alkanes) is 2. The Bertz CT molecular complexity index is 402. The van der Waals surface area contributed by atoms with Gasteiger partial charge in [0.2, 0.25) is 0 Å². The molecule has 0 saturated carbocycles. The van der Waals surface area contributed by atoms with E-state index in [2.05, 4.69) is 59.7 Å². The van der Waals surface area contributed by atoms with E-state index in [1.807, 2.05) is 0 Å². The first-order valence-electron chi connectivity index (χ1n) is 7.43. The molecule has 0 fully saturated rings. The number of benzene rings is 1. The van der Waals surface area contributed by atoms with Gasteiger partial charge in [0.1, 0.15) is 0 Å². The van der Waals surface area contributed by atoms with Crippen LogP contribution in [0, 0.1) is 0 Å². The summed E-state index contributed by atoms with van der Waals surface area (Å²) in [5.74, 6) is 0. The fraction of sp³-hybridized carbons (Fsp3) is 0.500. The molecule has 0 saturated heterocycles. The lowest BCUT2D eigenvalue weighted by Crippen LogP contribution is -2.13. The van der Waals surface area contributed by atoms with Crippen molar-refractivity contribution < 1.29 is 0 Å². The smallest absolute Gasteiger partial charge is 0.0794 e. The van der Waals surface area contributed by atoms with Crippen LogP contribution in [-0.2, 0) is 0 Å². The Morgan fingerprint density at radius 1 is 0.947 bits per heavy atom. The minimum Gasteiger partial charge on any atom is -0.341 e. The molecule has 0 radical (unpaired) electrons. The van der Waals surface area contributed by atoms with Gasteiger partial charge in [-0.2, -0.15) is 0 Å². The van der Waals surface area contributed by atoms with E-state index in [9.17, 15) is 0 Å². The van der Waals surface area contributed by atoms with Gasteiger partial charge in [-0.15, -0.1) is 0 Å². The summed E-state index contributed by atoms with van der Waals surface area (Å²) in [6.45, 7) is 6.89. The van der Waals surface area contributed by atoms with Crippen LogP contribution >= 0.6 is 8.88 Å². The van der Waals surface area contributed by atoms with Crippen molar-refractivity contribution in [2.75, 3.05) is 13.1 Å². The molecule has 1 aliphatic heterocycles. The summed E-state index contributed by atoms with van der Waals surface area (Å²) < 4.78 is 5.04. The van der Waals surface area contributed by atoms with Crippen LogP contribution in [0.5, 0.6) is 0 Å². The van der Waals surface area contributed by atoms with E-state index >= 15 is 0 Å². The Kier molecular flexibility index (Phi) is 5.72. The third-order valence-electron chi connectivity index (χ3n) is 3.38. The highest BCUT2D eigenvalue weighted by Gasteiger charge is 2.21. The van der Waals surface area contributed by atoms with E-state index in [0.29, 0.717) is 0 Å². The Morgan fingerprint density at radius 2 is 1.63 bits per heavy atom. The predicted octanol–water partition coefficient (Wildman–Crippen LogP) is 4.71. The van der Waals surface area contributed by atoms with Crippen molar-refractivity contribution in [2.24, 2.45) is 0 Å². The van der Waals surface area contributed by atoms with Crippen molar-refractivity contribution in [2.45, 2.75) is 39.5 Å². The monoisotopic (exact) mass is 276 g/mol. The van der Waals surface area contributed by atoms with Crippen molar-refractivity contribution >= 4 is 14.6 Å². The number of rotatable bonds is 7. The second kappa shape index (κ2) is 7.55. The summed E-state index contributed by atoms with van der Waals surface area (Å²) in [5.41, 5.74) is 2.76. The fourth-order valence-corrected chi connectivity index (χ4v) is 3.52. The van der Waals surface area contributed by atoms with Crippen LogP contribution in [0.3, 0.4) is 0 Å². The van der Waals surface area contributed by atoms with E-state index in [4.69, 9.17) is 0 Å². The number of nitrogens with zero attached hydrogens (tertiary/aromatic N) is 2. The van der Waals surface area contributed by atoms with Crippen LogP contribution in [0.1, 0.15) is 45.1 Å². The Labute approximate surface area is 119 Å². The summed E-state index contributed by atoms with van der Waals surface area (Å²) in [6.07, 6.45) is 7.45. The molecule has 19 heavy (non-hydrogen) atoms. The minimum absolute atomic E-state index is 0.790. The molecule has 0 aromatic heterocycles. The largest absolute Gasteiger partial charge is 0.341 e. The third-order valence-corrected chi connectivity index (χ3v) is 4.69. The van der Waals surface area contributed by atoms with Gasteiger partial charge in [0, 0.05) is 19.3 Å². The molecule has 0 spiro atoms. The standard InChI is InChI=1S/C16H25N2P/c1-3-5-12-17-14-16(15-10-8-7-9-11-15)18(19-17)13-6-4-2/h7-11,14,19H,3-6,12-13H2,1-2H3. The third kappa shape index (κ3) is 3.98. The predicted molar refractivity (Wildman–Crippen MR) is 86.0 cm³/mol. The maximum Gasteiger partial charge on any atom is 0.0794 e. The Hall–Kier alpha value is -1.01. The zero-order valence-electron chi connectivity index (χ0n) is 12.1. The van der Waals surface area contributed by atoms with Crippen molar-refractivity contribution in [1.82, 2.24) is 9.34 Å². The van der Waals surface area contributed by atoms with Crippen molar-refractivity contribution in [3.8, 4) is 0 Å². The molecule has 2 rings (SSSR count). The van der Waals surface area contributed by atoms with Crippen molar-refractivity contribution in [3.63, 3.8) is 0 Å². The Morgan fingerprint density at radius 3 is 2.32 bits per heavy atom. The van der Waals surface area contributed by atoms with Crippen LogP contribution in [0.25, 0.3) is 5.70 Å². The van der Waals surface area contributed by atoms with Gasteiger partial charge >= 0.3 is 0 Å². The molecule has 1 aromatic rings. The molecule has 1 atom stereocenters. The highest BCUT2D eigenvalue weighted by Crippen LogP contribution is 2.41. The SMILES string of the molecule is CCCCN1C=C(c2ccccc2)N(CCCC)P1. The number of hydrogen-bond donors (Lipinski definition) is 0. The maximum atomic E-state index is 2.55. The quantitative estimate of drug-likeness (QED) is 0.665. The van der Waals surface area contributed by atoms with Gasteiger partial charge in [-0.3, -0.25) is 0 Å². The first kappa shape index (κ1) is 14.4. The maximum absolute atomic E-state index is 2.55. The lowest BCUT2D eigenvalue weighted by molar-refractivity contribution is 0.552. The average molecular weight is 276 g/mol. The zero-order chi connectivity index (χ0) is 13.5. The van der Waals surface area contributed by atoms with E-state index < -0.39 is 0 Å². The first-order chi connectivity index (χ1) is 9.35. The molecule has 2 nitrogen and oxygen atoms in total. The van der Waals surface area contributed by atoms with Crippen molar-refractivity contribution in [3.05, 3.63) is 42.1 Å². The highest BCUT2D eigenvalue weighted by atomic mass is 31.1. The summed E-state index contributed by atoms with van der Waals surface area (Å²) >= 11 is 0. The van der Waals surface area contributed by atoms with Gasteiger partial charge in [-0.05, 0) is 18.4 Å². The average Bonchev–Trinajstić information content (AvgIpc) is 2.87. The first-order valence-corrected chi connectivity index (χ1v) is 8.32. The number of hydrogen-bond acceptors (Lipinski definition) is 2. The van der Waals surface area contributed by atoms with Gasteiger partial charge in [0.05, 0.1) is 14.6 Å². The summed E-state index contributed by atoms with van der Waals surface area (Å²) in [4.78, 5) is 0. The molecule has 0 aliphatic carbocycles. The molecule has 0 N–H and O–H groups in total. The fourth-order valence-electron chi connectivity index (χ4n) is 2.22. The Balaban J connectivity index is 2.09. The molecular weight excluding hydrogens is 251 g/mol. The van der Waals surface area contributed by atoms with Crippen LogP contribution in [0.2, 0.25) is 0 Å². The summed E-state index contributed by atoms with van der Waals surface area (Å²) in [5, 5.41) is 0. The molecular formula is C16H25N2P. The summed E-state index contributed by atoms with van der Waals surface area (Å²) in [7, 11) is 0.790. The summed E-state index contributed by atoms with van der Waals surface area (Å²) in [6, 6.07) is 10.8. The minimum atomic E-state index is 0.790. The van der Waals surface area contributed by atoms with Crippen LogP contribution in [-0.4, -0.2) is 22.4 Å².